The van der Waals surface area contributed by atoms with Crippen molar-refractivity contribution in [3.8, 4) is 0 Å². The van der Waals surface area contributed by atoms with E-state index in [-0.39, 0.29) is 0 Å². The summed E-state index contributed by atoms with van der Waals surface area (Å²) in [6.07, 6.45) is 1.39. The van der Waals surface area contributed by atoms with Crippen LogP contribution in [0.15, 0.2) is 0 Å². The molecule has 1 saturated carbocycles. The summed E-state index contributed by atoms with van der Waals surface area (Å²) < 4.78 is 0. The van der Waals surface area contributed by atoms with Gasteiger partial charge in [0, 0.05) is 13.1 Å². The Bertz CT molecular complexity index is 107. The van der Waals surface area contributed by atoms with Crippen LogP contribution in [0.2, 0.25) is 0 Å². The Morgan fingerprint density at radius 1 is 1.62 bits per heavy atom. The molecule has 46 valence electrons. The second kappa shape index (κ2) is 1.25. The Kier molecular flexibility index (Phi) is 0.746. The fraction of sp³-hybridized carbons (Fsp3) is 1.00. The highest BCUT2D eigenvalue weighted by Crippen LogP contribution is 2.54. The molecule has 0 aromatic rings. The molecular formula is C6H12N2. The summed E-state index contributed by atoms with van der Waals surface area (Å²) in [5, 5.41) is 3.27. The van der Waals surface area contributed by atoms with Gasteiger partial charge in [-0.15, -0.1) is 0 Å². The Labute approximate surface area is 49.4 Å². The highest BCUT2D eigenvalue weighted by molar-refractivity contribution is 5.10. The van der Waals surface area contributed by atoms with Crippen molar-refractivity contribution in [1.82, 2.24) is 5.32 Å². The molecule has 1 unspecified atom stereocenters. The van der Waals surface area contributed by atoms with Gasteiger partial charge in [-0.1, -0.05) is 0 Å². The molecule has 1 spiro atoms. The van der Waals surface area contributed by atoms with E-state index in [0.717, 1.165) is 12.5 Å². The quantitative estimate of drug-likeness (QED) is 0.482. The van der Waals surface area contributed by atoms with Crippen LogP contribution in [0.25, 0.3) is 0 Å². The van der Waals surface area contributed by atoms with E-state index in [2.05, 4.69) is 5.32 Å². The molecule has 1 aliphatic heterocycles. The van der Waals surface area contributed by atoms with Gasteiger partial charge in [0.1, 0.15) is 0 Å². The van der Waals surface area contributed by atoms with E-state index in [1.165, 1.54) is 19.5 Å². The van der Waals surface area contributed by atoms with Gasteiger partial charge in [-0.05, 0) is 24.3 Å². The van der Waals surface area contributed by atoms with E-state index in [1.807, 2.05) is 0 Å². The minimum Gasteiger partial charge on any atom is -0.330 e. The zero-order chi connectivity index (χ0) is 5.61. The first-order chi connectivity index (χ1) is 3.87. The molecule has 2 aliphatic rings. The fourth-order valence-corrected chi connectivity index (χ4v) is 1.64. The predicted molar refractivity (Wildman–Crippen MR) is 32.5 cm³/mol. The molecule has 1 saturated heterocycles. The number of rotatable bonds is 1. The monoisotopic (exact) mass is 112 g/mol. The maximum Gasteiger partial charge on any atom is 0.00235 e. The van der Waals surface area contributed by atoms with Crippen LogP contribution in [0.1, 0.15) is 6.42 Å². The summed E-state index contributed by atoms with van der Waals surface area (Å²) >= 11 is 0. The van der Waals surface area contributed by atoms with Crippen molar-refractivity contribution < 1.29 is 0 Å². The molecule has 1 heterocycles. The lowest BCUT2D eigenvalue weighted by Gasteiger charge is -2.28. The van der Waals surface area contributed by atoms with Crippen molar-refractivity contribution in [1.29, 1.82) is 0 Å². The van der Waals surface area contributed by atoms with Crippen LogP contribution < -0.4 is 11.1 Å². The molecule has 1 atom stereocenters. The van der Waals surface area contributed by atoms with Crippen LogP contribution in [-0.4, -0.2) is 19.6 Å². The first-order valence-corrected chi connectivity index (χ1v) is 3.28. The summed E-state index contributed by atoms with van der Waals surface area (Å²) in [6, 6.07) is 0. The van der Waals surface area contributed by atoms with E-state index in [0.29, 0.717) is 5.41 Å². The molecule has 2 rings (SSSR count). The lowest BCUT2D eigenvalue weighted by Crippen LogP contribution is -2.45. The molecule has 0 radical (unpaired) electrons. The zero-order valence-corrected chi connectivity index (χ0v) is 4.98. The first-order valence-electron chi connectivity index (χ1n) is 3.28. The van der Waals surface area contributed by atoms with Gasteiger partial charge >= 0.3 is 0 Å². The van der Waals surface area contributed by atoms with Gasteiger partial charge in [-0.2, -0.15) is 0 Å². The largest absolute Gasteiger partial charge is 0.330 e. The molecule has 8 heavy (non-hydrogen) atoms. The van der Waals surface area contributed by atoms with Crippen LogP contribution in [-0.2, 0) is 0 Å². The first kappa shape index (κ1) is 4.77. The van der Waals surface area contributed by atoms with Crippen LogP contribution in [0.4, 0.5) is 0 Å². The molecule has 0 aromatic heterocycles. The third kappa shape index (κ3) is 0.400. The summed E-state index contributed by atoms with van der Waals surface area (Å²) in [5.41, 5.74) is 6.19. The lowest BCUT2D eigenvalue weighted by molar-refractivity contribution is 0.294. The average molecular weight is 112 g/mol. The van der Waals surface area contributed by atoms with E-state index in [9.17, 15) is 0 Å². The van der Waals surface area contributed by atoms with Crippen molar-refractivity contribution >= 4 is 0 Å². The zero-order valence-electron chi connectivity index (χ0n) is 4.98. The Balaban J connectivity index is 1.93. The summed E-state index contributed by atoms with van der Waals surface area (Å²) in [7, 11) is 0. The third-order valence-electron chi connectivity index (χ3n) is 2.60. The van der Waals surface area contributed by atoms with Crippen molar-refractivity contribution in [3.05, 3.63) is 0 Å². The maximum atomic E-state index is 5.49. The minimum absolute atomic E-state index is 0.703. The average Bonchev–Trinajstić information content (AvgIpc) is 2.36. The second-order valence-corrected chi connectivity index (χ2v) is 3.10. The fourth-order valence-electron chi connectivity index (χ4n) is 1.64. The van der Waals surface area contributed by atoms with Gasteiger partial charge in [-0.25, -0.2) is 0 Å². The number of hydrogen-bond donors (Lipinski definition) is 2. The molecule has 0 amide bonds. The molecule has 3 N–H and O–H groups in total. The van der Waals surface area contributed by atoms with Crippen molar-refractivity contribution in [2.45, 2.75) is 6.42 Å². The smallest absolute Gasteiger partial charge is 0.00235 e. The highest BCUT2D eigenvalue weighted by atomic mass is 15.0. The molecule has 2 heteroatoms. The maximum absolute atomic E-state index is 5.49. The van der Waals surface area contributed by atoms with Crippen molar-refractivity contribution in [2.24, 2.45) is 17.1 Å². The van der Waals surface area contributed by atoms with Crippen LogP contribution in [0.5, 0.6) is 0 Å². The molecule has 2 nitrogen and oxygen atoms in total. The standard InChI is InChI=1S/C6H12N2/c7-2-5-1-6(5)3-8-4-6/h5,8H,1-4,7H2. The van der Waals surface area contributed by atoms with Crippen molar-refractivity contribution in [3.63, 3.8) is 0 Å². The van der Waals surface area contributed by atoms with Crippen molar-refractivity contribution in [2.75, 3.05) is 19.6 Å². The summed E-state index contributed by atoms with van der Waals surface area (Å²) in [6.45, 7) is 3.37. The van der Waals surface area contributed by atoms with E-state index in [4.69, 9.17) is 5.73 Å². The third-order valence-corrected chi connectivity index (χ3v) is 2.60. The van der Waals surface area contributed by atoms with Crippen LogP contribution in [0.3, 0.4) is 0 Å². The predicted octanol–water partition coefficient (Wildman–Crippen LogP) is -0.445. The Hall–Kier alpha value is -0.0800. The number of hydrogen-bond acceptors (Lipinski definition) is 2. The van der Waals surface area contributed by atoms with E-state index in [1.54, 1.807) is 0 Å². The Morgan fingerprint density at radius 2 is 2.38 bits per heavy atom. The normalized spacial score (nSPS) is 39.4. The highest BCUT2D eigenvalue weighted by Gasteiger charge is 2.56. The molecular weight excluding hydrogens is 100 g/mol. The van der Waals surface area contributed by atoms with Gasteiger partial charge in [0.05, 0.1) is 0 Å². The SMILES string of the molecule is NCC1CC12CNC2. The molecule has 2 fully saturated rings. The van der Waals surface area contributed by atoms with Gasteiger partial charge < -0.3 is 11.1 Å². The minimum atomic E-state index is 0.703. The Morgan fingerprint density at radius 3 is 2.50 bits per heavy atom. The summed E-state index contributed by atoms with van der Waals surface area (Å²) in [4.78, 5) is 0. The van der Waals surface area contributed by atoms with Gasteiger partial charge in [0.25, 0.3) is 0 Å². The van der Waals surface area contributed by atoms with Gasteiger partial charge in [-0.3, -0.25) is 0 Å². The van der Waals surface area contributed by atoms with E-state index >= 15 is 0 Å². The number of nitrogens with one attached hydrogen (secondary N) is 1. The van der Waals surface area contributed by atoms with Crippen LogP contribution >= 0.6 is 0 Å². The van der Waals surface area contributed by atoms with Gasteiger partial charge in [0.15, 0.2) is 0 Å². The lowest BCUT2D eigenvalue weighted by atomic mass is 9.97. The summed E-state index contributed by atoms with van der Waals surface area (Å²) in [5.74, 6) is 0.865. The topological polar surface area (TPSA) is 38.0 Å². The molecule has 0 aromatic carbocycles. The van der Waals surface area contributed by atoms with Crippen LogP contribution in [0, 0.1) is 11.3 Å². The van der Waals surface area contributed by atoms with Gasteiger partial charge in [0.2, 0.25) is 0 Å². The second-order valence-electron chi connectivity index (χ2n) is 3.10. The molecule has 1 aliphatic carbocycles. The molecule has 0 bridgehead atoms. The number of nitrogens with two attached hydrogens (primary N) is 1. The van der Waals surface area contributed by atoms with E-state index < -0.39 is 0 Å².